The van der Waals surface area contributed by atoms with E-state index in [0.717, 1.165) is 23.3 Å². The molecule has 0 aliphatic carbocycles. The van der Waals surface area contributed by atoms with Crippen LogP contribution in [0.2, 0.25) is 10.0 Å². The number of aromatic carboxylic acids is 1. The number of halogens is 2. The smallest absolute Gasteiger partial charge is 0.335 e. The molecule has 6 heteroatoms. The highest BCUT2D eigenvalue weighted by Gasteiger charge is 2.13. The normalized spacial score (nSPS) is 11.1. The SMILES string of the molecule is CCc1nc2cc(C(=O)O)ccc2n1Cc1ccc(Cl)c(Cl)c1. The van der Waals surface area contributed by atoms with E-state index in [1.165, 1.54) is 0 Å². The van der Waals surface area contributed by atoms with Gasteiger partial charge in [-0.15, -0.1) is 0 Å². The predicted molar refractivity (Wildman–Crippen MR) is 91.6 cm³/mol. The average molecular weight is 349 g/mol. The van der Waals surface area contributed by atoms with E-state index in [-0.39, 0.29) is 5.56 Å². The van der Waals surface area contributed by atoms with Crippen LogP contribution in [-0.4, -0.2) is 20.6 Å². The summed E-state index contributed by atoms with van der Waals surface area (Å²) in [6.45, 7) is 2.62. The molecule has 1 N–H and O–H groups in total. The average Bonchev–Trinajstić information content (AvgIpc) is 2.88. The second kappa shape index (κ2) is 6.22. The molecule has 0 amide bonds. The highest BCUT2D eigenvalue weighted by molar-refractivity contribution is 6.42. The van der Waals surface area contributed by atoms with Gasteiger partial charge in [0.2, 0.25) is 0 Å². The molecule has 0 radical (unpaired) electrons. The minimum absolute atomic E-state index is 0.236. The van der Waals surface area contributed by atoms with Crippen molar-refractivity contribution in [3.8, 4) is 0 Å². The van der Waals surface area contributed by atoms with Crippen LogP contribution < -0.4 is 0 Å². The summed E-state index contributed by atoms with van der Waals surface area (Å²) in [7, 11) is 0. The van der Waals surface area contributed by atoms with Crippen molar-refractivity contribution in [2.24, 2.45) is 0 Å². The molecule has 2 aromatic carbocycles. The molecule has 0 atom stereocenters. The molecule has 0 bridgehead atoms. The Morgan fingerprint density at radius 2 is 1.96 bits per heavy atom. The molecule has 0 aliphatic rings. The maximum Gasteiger partial charge on any atom is 0.335 e. The van der Waals surface area contributed by atoms with E-state index in [4.69, 9.17) is 28.3 Å². The number of benzene rings is 2. The van der Waals surface area contributed by atoms with Crippen LogP contribution in [0.3, 0.4) is 0 Å². The minimum atomic E-state index is -0.955. The number of aryl methyl sites for hydroxylation is 1. The van der Waals surface area contributed by atoms with Gasteiger partial charge in [0.05, 0.1) is 26.6 Å². The number of aromatic nitrogens is 2. The fourth-order valence-electron chi connectivity index (χ4n) is 2.58. The maximum atomic E-state index is 11.1. The Morgan fingerprint density at radius 1 is 1.17 bits per heavy atom. The molecule has 118 valence electrons. The molecule has 0 unspecified atom stereocenters. The van der Waals surface area contributed by atoms with Crippen LogP contribution in [0.15, 0.2) is 36.4 Å². The van der Waals surface area contributed by atoms with Crippen LogP contribution in [0.4, 0.5) is 0 Å². The van der Waals surface area contributed by atoms with Crippen LogP contribution in [0, 0.1) is 0 Å². The summed E-state index contributed by atoms with van der Waals surface area (Å²) < 4.78 is 2.07. The molecule has 1 aromatic heterocycles. The Bertz CT molecular complexity index is 903. The van der Waals surface area contributed by atoms with Crippen molar-refractivity contribution in [2.75, 3.05) is 0 Å². The third-order valence-electron chi connectivity index (χ3n) is 3.72. The monoisotopic (exact) mass is 348 g/mol. The number of nitrogens with zero attached hydrogens (tertiary/aromatic N) is 2. The van der Waals surface area contributed by atoms with Crippen molar-refractivity contribution < 1.29 is 9.90 Å². The van der Waals surface area contributed by atoms with Gasteiger partial charge in [-0.05, 0) is 35.9 Å². The van der Waals surface area contributed by atoms with Crippen LogP contribution in [0.25, 0.3) is 11.0 Å². The second-order valence-electron chi connectivity index (χ2n) is 5.22. The second-order valence-corrected chi connectivity index (χ2v) is 6.04. The van der Waals surface area contributed by atoms with Gasteiger partial charge in [-0.2, -0.15) is 0 Å². The van der Waals surface area contributed by atoms with Gasteiger partial charge in [-0.3, -0.25) is 0 Å². The third kappa shape index (κ3) is 3.05. The first kappa shape index (κ1) is 15.8. The highest BCUT2D eigenvalue weighted by Crippen LogP contribution is 2.25. The lowest BCUT2D eigenvalue weighted by atomic mass is 10.2. The summed E-state index contributed by atoms with van der Waals surface area (Å²) in [6, 6.07) is 10.5. The van der Waals surface area contributed by atoms with E-state index in [1.54, 1.807) is 24.3 Å². The third-order valence-corrected chi connectivity index (χ3v) is 4.45. The summed E-state index contributed by atoms with van der Waals surface area (Å²) >= 11 is 12.0. The lowest BCUT2D eigenvalue weighted by molar-refractivity contribution is 0.0697. The lowest BCUT2D eigenvalue weighted by Crippen LogP contribution is -2.04. The number of hydrogen-bond acceptors (Lipinski definition) is 2. The van der Waals surface area contributed by atoms with Gasteiger partial charge in [0, 0.05) is 13.0 Å². The molecular formula is C17H14Cl2N2O2. The van der Waals surface area contributed by atoms with Gasteiger partial charge < -0.3 is 9.67 Å². The zero-order valence-corrected chi connectivity index (χ0v) is 13.9. The van der Waals surface area contributed by atoms with Gasteiger partial charge in [0.15, 0.2) is 0 Å². The molecule has 1 heterocycles. The molecular weight excluding hydrogens is 335 g/mol. The number of carboxylic acids is 1. The molecule has 23 heavy (non-hydrogen) atoms. The fraction of sp³-hybridized carbons (Fsp3) is 0.176. The first-order valence-corrected chi connectivity index (χ1v) is 7.91. The van der Waals surface area contributed by atoms with E-state index in [2.05, 4.69) is 9.55 Å². The Hall–Kier alpha value is -2.04. The maximum absolute atomic E-state index is 11.1. The number of fused-ring (bicyclic) bond motifs is 1. The van der Waals surface area contributed by atoms with Crippen LogP contribution in [0.5, 0.6) is 0 Å². The fourth-order valence-corrected chi connectivity index (χ4v) is 2.90. The quantitative estimate of drug-likeness (QED) is 0.746. The van der Waals surface area contributed by atoms with Gasteiger partial charge in [-0.25, -0.2) is 9.78 Å². The summed E-state index contributed by atoms with van der Waals surface area (Å²) in [5.41, 5.74) is 2.83. The molecule has 0 saturated heterocycles. The Labute approximate surface area is 143 Å². The van der Waals surface area contributed by atoms with E-state index in [1.807, 2.05) is 19.1 Å². The topological polar surface area (TPSA) is 55.1 Å². The van der Waals surface area contributed by atoms with Gasteiger partial charge >= 0.3 is 5.97 Å². The first-order chi connectivity index (χ1) is 11.0. The summed E-state index contributed by atoms with van der Waals surface area (Å²) in [5, 5.41) is 10.1. The Kier molecular flexibility index (Phi) is 4.28. The number of carbonyl (C=O) groups is 1. The van der Waals surface area contributed by atoms with Crippen molar-refractivity contribution in [3.05, 3.63) is 63.4 Å². The van der Waals surface area contributed by atoms with Crippen molar-refractivity contribution in [1.82, 2.24) is 9.55 Å². The zero-order chi connectivity index (χ0) is 16.6. The van der Waals surface area contributed by atoms with Crippen molar-refractivity contribution in [2.45, 2.75) is 19.9 Å². The standard InChI is InChI=1S/C17H14Cl2N2O2/c1-2-16-20-14-8-11(17(22)23)4-6-15(14)21(16)9-10-3-5-12(18)13(19)7-10/h3-8H,2,9H2,1H3,(H,22,23). The van der Waals surface area contributed by atoms with E-state index in [0.29, 0.717) is 22.1 Å². The Balaban J connectivity index is 2.08. The summed E-state index contributed by atoms with van der Waals surface area (Å²) in [4.78, 5) is 15.7. The largest absolute Gasteiger partial charge is 0.478 e. The van der Waals surface area contributed by atoms with Crippen molar-refractivity contribution >= 4 is 40.2 Å². The number of carboxylic acid groups (broad SMARTS) is 1. The van der Waals surface area contributed by atoms with E-state index < -0.39 is 5.97 Å². The number of rotatable bonds is 4. The minimum Gasteiger partial charge on any atom is -0.478 e. The van der Waals surface area contributed by atoms with Gasteiger partial charge in [-0.1, -0.05) is 36.2 Å². The van der Waals surface area contributed by atoms with Crippen molar-refractivity contribution in [1.29, 1.82) is 0 Å². The zero-order valence-electron chi connectivity index (χ0n) is 12.4. The molecule has 0 aliphatic heterocycles. The summed E-state index contributed by atoms with van der Waals surface area (Å²) in [5.74, 6) is -0.0578. The van der Waals surface area contributed by atoms with Crippen molar-refractivity contribution in [3.63, 3.8) is 0 Å². The van der Waals surface area contributed by atoms with Gasteiger partial charge in [0.1, 0.15) is 5.82 Å². The molecule has 0 spiro atoms. The molecule has 0 fully saturated rings. The molecule has 3 aromatic rings. The summed E-state index contributed by atoms with van der Waals surface area (Å²) in [6.07, 6.45) is 0.748. The van der Waals surface area contributed by atoms with E-state index in [9.17, 15) is 4.79 Å². The molecule has 4 nitrogen and oxygen atoms in total. The van der Waals surface area contributed by atoms with E-state index >= 15 is 0 Å². The Morgan fingerprint density at radius 3 is 2.61 bits per heavy atom. The van der Waals surface area contributed by atoms with Crippen LogP contribution in [-0.2, 0) is 13.0 Å². The molecule has 3 rings (SSSR count). The molecule has 0 saturated carbocycles. The predicted octanol–water partition coefficient (Wildman–Crippen LogP) is 4.65. The first-order valence-electron chi connectivity index (χ1n) is 7.16. The van der Waals surface area contributed by atoms with Crippen LogP contribution in [0.1, 0.15) is 28.7 Å². The lowest BCUT2D eigenvalue weighted by Gasteiger charge is -2.09. The van der Waals surface area contributed by atoms with Gasteiger partial charge in [0.25, 0.3) is 0 Å². The highest BCUT2D eigenvalue weighted by atomic mass is 35.5. The number of imidazole rings is 1. The number of hydrogen-bond donors (Lipinski definition) is 1. The van der Waals surface area contributed by atoms with Crippen LogP contribution >= 0.6 is 23.2 Å².